The van der Waals surface area contributed by atoms with Crippen molar-refractivity contribution < 1.29 is 28.6 Å². The van der Waals surface area contributed by atoms with Crippen LogP contribution in [-0.4, -0.2) is 77.6 Å². The lowest BCUT2D eigenvalue weighted by atomic mass is 10.0. The predicted molar refractivity (Wildman–Crippen MR) is 134 cm³/mol. The van der Waals surface area contributed by atoms with Crippen LogP contribution in [0.3, 0.4) is 0 Å². The largest absolute Gasteiger partial charge is 0.380 e. The number of carbonyl (C=O) groups is 2. The number of aliphatic hydroxyl groups is 2. The number of hydrogen-bond donors (Lipinski definition) is 3. The average molecular weight is 518 g/mol. The second kappa shape index (κ2) is 11.9. The van der Waals surface area contributed by atoms with E-state index in [9.17, 15) is 28.6 Å². The highest BCUT2D eigenvalue weighted by Gasteiger charge is 2.35. The molecule has 36 heavy (non-hydrogen) atoms. The van der Waals surface area contributed by atoms with Crippen LogP contribution in [0.2, 0.25) is 0 Å². The van der Waals surface area contributed by atoms with Gasteiger partial charge in [-0.3, -0.25) is 9.59 Å². The van der Waals surface area contributed by atoms with Crippen molar-refractivity contribution in [1.82, 2.24) is 10.2 Å². The summed E-state index contributed by atoms with van der Waals surface area (Å²) in [6.07, 6.45) is -1.10. The van der Waals surface area contributed by atoms with E-state index < -0.39 is 24.0 Å². The molecule has 10 heteroatoms. The first-order valence-electron chi connectivity index (χ1n) is 11.8. The van der Waals surface area contributed by atoms with Gasteiger partial charge in [0.25, 0.3) is 11.8 Å². The summed E-state index contributed by atoms with van der Waals surface area (Å²) < 4.78 is 27.4. The summed E-state index contributed by atoms with van der Waals surface area (Å²) >= 11 is 1.57. The molecule has 2 aliphatic rings. The monoisotopic (exact) mass is 517 g/mol. The first kappa shape index (κ1) is 26.1. The number of para-hydroxylation sites is 1. The summed E-state index contributed by atoms with van der Waals surface area (Å²) in [4.78, 5) is 29.1. The highest BCUT2D eigenvalue weighted by atomic mass is 32.2. The minimum Gasteiger partial charge on any atom is -0.380 e. The molecule has 4 rings (SSSR count). The van der Waals surface area contributed by atoms with Gasteiger partial charge >= 0.3 is 0 Å². The lowest BCUT2D eigenvalue weighted by Crippen LogP contribution is -2.55. The molecule has 2 aromatic rings. The maximum Gasteiger partial charge on any atom is 0.254 e. The Kier molecular flexibility index (Phi) is 8.60. The molecular weight excluding hydrogens is 488 g/mol. The number of thioether (sulfide) groups is 1. The van der Waals surface area contributed by atoms with E-state index >= 15 is 0 Å². The topological polar surface area (TPSA) is 93.1 Å². The summed E-state index contributed by atoms with van der Waals surface area (Å²) in [6.45, 7) is 1.36. The normalized spacial score (nSPS) is 19.6. The number of nitrogens with one attached hydrogen (secondary N) is 1. The number of halogens is 2. The number of benzene rings is 2. The lowest BCUT2D eigenvalue weighted by Gasteiger charge is -2.37. The molecule has 1 unspecified atom stereocenters. The Hall–Kier alpha value is -2.95. The molecule has 7 nitrogen and oxygen atoms in total. The fraction of sp³-hybridized carbons (Fsp3) is 0.385. The number of rotatable bonds is 8. The van der Waals surface area contributed by atoms with E-state index in [4.69, 9.17) is 0 Å². The van der Waals surface area contributed by atoms with E-state index in [1.54, 1.807) is 36.0 Å². The molecule has 1 fully saturated rings. The Morgan fingerprint density at radius 3 is 2.50 bits per heavy atom. The zero-order valence-corrected chi connectivity index (χ0v) is 20.5. The van der Waals surface area contributed by atoms with Crippen LogP contribution in [0.1, 0.15) is 5.56 Å². The van der Waals surface area contributed by atoms with Gasteiger partial charge < -0.3 is 25.3 Å². The van der Waals surface area contributed by atoms with Crippen molar-refractivity contribution >= 4 is 29.3 Å². The third kappa shape index (κ3) is 6.43. The Morgan fingerprint density at radius 2 is 1.78 bits per heavy atom. The van der Waals surface area contributed by atoms with Gasteiger partial charge in [-0.2, -0.15) is 0 Å². The van der Waals surface area contributed by atoms with E-state index in [0.29, 0.717) is 25.2 Å². The molecule has 3 N–H and O–H groups in total. The maximum atomic E-state index is 14.0. The Balaban J connectivity index is 1.23. The number of amides is 2. The van der Waals surface area contributed by atoms with Crippen LogP contribution >= 0.6 is 11.8 Å². The van der Waals surface area contributed by atoms with Gasteiger partial charge in [-0.1, -0.05) is 30.3 Å². The molecule has 192 valence electrons. The van der Waals surface area contributed by atoms with Crippen molar-refractivity contribution in [1.29, 1.82) is 0 Å². The SMILES string of the molecule is O=C(NCC1=CC(Cc2cccc(F)c2)CS1)[C@H](O)[C@@H](O)C(=O)N1CCN(c2ccccc2F)CC1. The van der Waals surface area contributed by atoms with Gasteiger partial charge in [-0.05, 0) is 42.2 Å². The smallest absolute Gasteiger partial charge is 0.254 e. The minimum absolute atomic E-state index is 0.169. The molecular formula is C26H29F2N3O4S. The van der Waals surface area contributed by atoms with Gasteiger partial charge in [0.1, 0.15) is 11.6 Å². The molecule has 0 spiro atoms. The second-order valence-electron chi connectivity index (χ2n) is 8.91. The van der Waals surface area contributed by atoms with Crippen molar-refractivity contribution in [2.24, 2.45) is 5.92 Å². The van der Waals surface area contributed by atoms with Crippen molar-refractivity contribution in [2.75, 3.05) is 43.4 Å². The van der Waals surface area contributed by atoms with Gasteiger partial charge in [0.05, 0.1) is 5.69 Å². The Bertz CT molecular complexity index is 1120. The van der Waals surface area contributed by atoms with Gasteiger partial charge in [-0.25, -0.2) is 8.78 Å². The molecule has 0 aromatic heterocycles. The molecule has 0 aliphatic carbocycles. The molecule has 0 saturated carbocycles. The lowest BCUT2D eigenvalue weighted by molar-refractivity contribution is -0.153. The summed E-state index contributed by atoms with van der Waals surface area (Å²) in [7, 11) is 0. The highest BCUT2D eigenvalue weighted by Crippen LogP contribution is 2.31. The van der Waals surface area contributed by atoms with Crippen molar-refractivity contribution in [2.45, 2.75) is 18.6 Å². The molecule has 2 aliphatic heterocycles. The number of allylic oxidation sites excluding steroid dienone is 1. The summed E-state index contributed by atoms with van der Waals surface area (Å²) in [6, 6.07) is 12.8. The Morgan fingerprint density at radius 1 is 1.03 bits per heavy atom. The van der Waals surface area contributed by atoms with Crippen LogP contribution in [0.5, 0.6) is 0 Å². The fourth-order valence-corrected chi connectivity index (χ4v) is 5.49. The first-order chi connectivity index (χ1) is 17.3. The number of anilines is 1. The zero-order chi connectivity index (χ0) is 25.7. The highest BCUT2D eigenvalue weighted by molar-refractivity contribution is 8.03. The molecule has 3 atom stereocenters. The van der Waals surface area contributed by atoms with E-state index in [1.807, 2.05) is 17.0 Å². The van der Waals surface area contributed by atoms with Crippen LogP contribution in [0.15, 0.2) is 59.5 Å². The van der Waals surface area contributed by atoms with Crippen LogP contribution in [0.25, 0.3) is 0 Å². The van der Waals surface area contributed by atoms with E-state index in [2.05, 4.69) is 5.32 Å². The molecule has 0 radical (unpaired) electrons. The number of hydrogen-bond acceptors (Lipinski definition) is 6. The van der Waals surface area contributed by atoms with Crippen molar-refractivity contribution in [3.05, 3.63) is 76.7 Å². The van der Waals surface area contributed by atoms with Crippen LogP contribution in [-0.2, 0) is 16.0 Å². The number of nitrogens with zero attached hydrogens (tertiary/aromatic N) is 2. The summed E-state index contributed by atoms with van der Waals surface area (Å²) in [5.41, 5.74) is 1.34. The van der Waals surface area contributed by atoms with Gasteiger partial charge in [0.2, 0.25) is 0 Å². The second-order valence-corrected chi connectivity index (χ2v) is 10.1. The molecule has 0 bridgehead atoms. The van der Waals surface area contributed by atoms with Gasteiger partial charge in [0, 0.05) is 43.4 Å². The molecule has 2 amide bonds. The predicted octanol–water partition coefficient (Wildman–Crippen LogP) is 1.94. The summed E-state index contributed by atoms with van der Waals surface area (Å²) in [5.74, 6) is -1.20. The van der Waals surface area contributed by atoms with Crippen molar-refractivity contribution in [3.63, 3.8) is 0 Å². The fourth-order valence-electron chi connectivity index (χ4n) is 4.39. The van der Waals surface area contributed by atoms with Gasteiger partial charge in [-0.15, -0.1) is 11.8 Å². The van der Waals surface area contributed by atoms with Gasteiger partial charge in [0.15, 0.2) is 12.2 Å². The van der Waals surface area contributed by atoms with Crippen LogP contribution in [0.4, 0.5) is 14.5 Å². The van der Waals surface area contributed by atoms with E-state index in [1.165, 1.54) is 23.1 Å². The van der Waals surface area contributed by atoms with Crippen LogP contribution in [0, 0.1) is 17.6 Å². The zero-order valence-electron chi connectivity index (χ0n) is 19.6. The minimum atomic E-state index is -1.91. The Labute approximate surface area is 212 Å². The van der Waals surface area contributed by atoms with Crippen LogP contribution < -0.4 is 10.2 Å². The average Bonchev–Trinajstić information content (AvgIpc) is 3.33. The number of aliphatic hydroxyl groups excluding tert-OH is 2. The summed E-state index contributed by atoms with van der Waals surface area (Å²) in [5, 5.41) is 23.2. The maximum absolute atomic E-state index is 14.0. The molecule has 2 heterocycles. The standard InChI is InChI=1S/C26H29F2N3O4S/c27-19-5-3-4-17(13-19)12-18-14-20(36-16-18)15-29-25(34)23(32)24(33)26(35)31-10-8-30(9-11-31)22-7-2-1-6-21(22)28/h1-7,13-14,18,23-24,32-33H,8-12,15-16H2,(H,29,34)/t18?,23-,24-/m1/s1. The quantitative estimate of drug-likeness (QED) is 0.496. The number of carbonyl (C=O) groups excluding carboxylic acids is 2. The van der Waals surface area contributed by atoms with Crippen molar-refractivity contribution in [3.8, 4) is 0 Å². The number of piperazine rings is 1. The molecule has 1 saturated heterocycles. The first-order valence-corrected chi connectivity index (χ1v) is 12.8. The van der Waals surface area contributed by atoms with E-state index in [-0.39, 0.29) is 37.2 Å². The third-order valence-corrected chi connectivity index (χ3v) is 7.58. The third-order valence-electron chi connectivity index (χ3n) is 6.33. The molecule has 2 aromatic carbocycles. The van der Waals surface area contributed by atoms with E-state index in [0.717, 1.165) is 16.2 Å².